The van der Waals surface area contributed by atoms with Crippen LogP contribution in [0.25, 0.3) is 0 Å². The van der Waals surface area contributed by atoms with Crippen molar-refractivity contribution < 1.29 is 14.3 Å². The van der Waals surface area contributed by atoms with Crippen molar-refractivity contribution in [3.8, 4) is 0 Å². The van der Waals surface area contributed by atoms with E-state index in [1.165, 1.54) is 5.56 Å². The van der Waals surface area contributed by atoms with Crippen molar-refractivity contribution in [3.63, 3.8) is 0 Å². The number of hydrogen-bond donors (Lipinski definition) is 0. The van der Waals surface area contributed by atoms with E-state index in [2.05, 4.69) is 18.7 Å². The molecular weight excluding hydrogens is 266 g/mol. The maximum absolute atomic E-state index is 11.9. The fourth-order valence-electron chi connectivity index (χ4n) is 2.37. The van der Waals surface area contributed by atoms with Crippen LogP contribution < -0.4 is 0 Å². The zero-order chi connectivity index (χ0) is 15.1. The lowest BCUT2D eigenvalue weighted by Gasteiger charge is -2.26. The molecule has 0 aliphatic carbocycles. The van der Waals surface area contributed by atoms with Crippen molar-refractivity contribution in [3.05, 3.63) is 35.4 Å². The normalized spacial score (nSPS) is 16.1. The van der Waals surface area contributed by atoms with Crippen LogP contribution >= 0.6 is 0 Å². The average molecular weight is 291 g/mol. The van der Waals surface area contributed by atoms with Gasteiger partial charge in [-0.25, -0.2) is 4.79 Å². The third-order valence-corrected chi connectivity index (χ3v) is 3.77. The number of hydrogen-bond acceptors (Lipinski definition) is 4. The summed E-state index contributed by atoms with van der Waals surface area (Å²) in [6.07, 6.45) is 0.871. The van der Waals surface area contributed by atoms with E-state index in [4.69, 9.17) is 9.47 Å². The van der Waals surface area contributed by atoms with Crippen molar-refractivity contribution in [2.75, 3.05) is 39.5 Å². The first-order valence-electron chi connectivity index (χ1n) is 7.74. The lowest BCUT2D eigenvalue weighted by Crippen LogP contribution is -2.37. The summed E-state index contributed by atoms with van der Waals surface area (Å²) >= 11 is 0. The first-order valence-corrected chi connectivity index (χ1v) is 7.74. The maximum Gasteiger partial charge on any atom is 0.338 e. The number of benzene rings is 1. The third-order valence-electron chi connectivity index (χ3n) is 3.77. The molecule has 0 atom stereocenters. The summed E-state index contributed by atoms with van der Waals surface area (Å²) in [5.41, 5.74) is 1.87. The zero-order valence-corrected chi connectivity index (χ0v) is 13.0. The van der Waals surface area contributed by atoms with Crippen LogP contribution in [-0.2, 0) is 9.47 Å². The molecule has 1 aromatic carbocycles. The summed E-state index contributed by atoms with van der Waals surface area (Å²) in [5, 5.41) is 0. The van der Waals surface area contributed by atoms with Gasteiger partial charge in [0.25, 0.3) is 0 Å². The van der Waals surface area contributed by atoms with Crippen LogP contribution in [0.3, 0.4) is 0 Å². The Morgan fingerprint density at radius 1 is 1.24 bits per heavy atom. The number of esters is 1. The van der Waals surface area contributed by atoms with E-state index in [1.54, 1.807) is 0 Å². The minimum Gasteiger partial charge on any atom is -0.462 e. The molecule has 1 saturated heterocycles. The first kappa shape index (κ1) is 16.0. The standard InChI is InChI=1S/C17H25NO3/c1-14(2)15-4-6-16(7-5-15)17(19)21-11-3-8-18-9-12-20-13-10-18/h4-7,14H,3,8-13H2,1-2H3. The minimum absolute atomic E-state index is 0.229. The molecule has 1 fully saturated rings. The molecule has 2 rings (SSSR count). The largest absolute Gasteiger partial charge is 0.462 e. The van der Waals surface area contributed by atoms with E-state index in [9.17, 15) is 4.79 Å². The fraction of sp³-hybridized carbons (Fsp3) is 0.588. The number of ether oxygens (including phenoxy) is 2. The van der Waals surface area contributed by atoms with Crippen LogP contribution in [0.15, 0.2) is 24.3 Å². The third kappa shape index (κ3) is 5.14. The number of nitrogens with zero attached hydrogens (tertiary/aromatic N) is 1. The van der Waals surface area contributed by atoms with E-state index < -0.39 is 0 Å². The van der Waals surface area contributed by atoms with Crippen LogP contribution in [0.5, 0.6) is 0 Å². The Morgan fingerprint density at radius 3 is 2.52 bits per heavy atom. The summed E-state index contributed by atoms with van der Waals surface area (Å²) in [7, 11) is 0. The second-order valence-electron chi connectivity index (χ2n) is 5.72. The monoisotopic (exact) mass is 291 g/mol. The fourth-order valence-corrected chi connectivity index (χ4v) is 2.37. The molecule has 0 radical (unpaired) electrons. The van der Waals surface area contributed by atoms with Crippen molar-refractivity contribution in [2.45, 2.75) is 26.2 Å². The van der Waals surface area contributed by atoms with Crippen LogP contribution in [0, 0.1) is 0 Å². The highest BCUT2D eigenvalue weighted by Gasteiger charge is 2.11. The molecule has 116 valence electrons. The van der Waals surface area contributed by atoms with Gasteiger partial charge in [-0.05, 0) is 30.0 Å². The van der Waals surface area contributed by atoms with Crippen LogP contribution in [0.1, 0.15) is 42.1 Å². The predicted molar refractivity (Wildman–Crippen MR) is 82.7 cm³/mol. The summed E-state index contributed by atoms with van der Waals surface area (Å²) in [5.74, 6) is 0.246. The van der Waals surface area contributed by atoms with Gasteiger partial charge in [-0.1, -0.05) is 26.0 Å². The molecule has 1 aromatic rings. The second kappa shape index (κ2) is 8.15. The molecule has 21 heavy (non-hydrogen) atoms. The molecule has 1 heterocycles. The summed E-state index contributed by atoms with van der Waals surface area (Å²) in [6, 6.07) is 7.68. The Bertz CT molecular complexity index is 436. The SMILES string of the molecule is CC(C)c1ccc(C(=O)OCCCN2CCOCC2)cc1. The second-order valence-corrected chi connectivity index (χ2v) is 5.72. The van der Waals surface area contributed by atoms with E-state index in [0.717, 1.165) is 39.3 Å². The van der Waals surface area contributed by atoms with Gasteiger partial charge >= 0.3 is 5.97 Å². The van der Waals surface area contributed by atoms with Crippen LogP contribution in [0.2, 0.25) is 0 Å². The molecule has 0 spiro atoms. The molecule has 4 nitrogen and oxygen atoms in total. The topological polar surface area (TPSA) is 38.8 Å². The first-order chi connectivity index (χ1) is 10.2. The molecule has 0 amide bonds. The van der Waals surface area contributed by atoms with Gasteiger partial charge in [0.1, 0.15) is 0 Å². The Morgan fingerprint density at radius 2 is 1.90 bits per heavy atom. The molecular formula is C17H25NO3. The van der Waals surface area contributed by atoms with Gasteiger partial charge < -0.3 is 9.47 Å². The lowest BCUT2D eigenvalue weighted by molar-refractivity contribution is 0.0298. The summed E-state index contributed by atoms with van der Waals surface area (Å²) in [4.78, 5) is 14.3. The molecule has 0 aromatic heterocycles. The van der Waals surface area contributed by atoms with Crippen molar-refractivity contribution in [1.82, 2.24) is 4.90 Å². The molecule has 1 aliphatic heterocycles. The molecule has 0 unspecified atom stereocenters. The lowest BCUT2D eigenvalue weighted by atomic mass is 10.0. The summed E-state index contributed by atoms with van der Waals surface area (Å²) < 4.78 is 10.6. The Balaban J connectivity index is 1.69. The van der Waals surface area contributed by atoms with Crippen LogP contribution in [-0.4, -0.2) is 50.3 Å². The summed E-state index contributed by atoms with van der Waals surface area (Å²) in [6.45, 7) is 9.28. The highest BCUT2D eigenvalue weighted by Crippen LogP contribution is 2.15. The Kier molecular flexibility index (Phi) is 6.21. The highest BCUT2D eigenvalue weighted by molar-refractivity contribution is 5.89. The Hall–Kier alpha value is -1.39. The van der Waals surface area contributed by atoms with Gasteiger partial charge in [0.15, 0.2) is 0 Å². The highest BCUT2D eigenvalue weighted by atomic mass is 16.5. The number of morpholine rings is 1. The van der Waals surface area contributed by atoms with Crippen LogP contribution in [0.4, 0.5) is 0 Å². The number of rotatable bonds is 6. The van der Waals surface area contributed by atoms with E-state index in [-0.39, 0.29) is 5.97 Å². The van der Waals surface area contributed by atoms with Gasteiger partial charge in [-0.3, -0.25) is 4.90 Å². The van der Waals surface area contributed by atoms with Gasteiger partial charge in [-0.2, -0.15) is 0 Å². The minimum atomic E-state index is -0.229. The van der Waals surface area contributed by atoms with Crippen molar-refractivity contribution >= 4 is 5.97 Å². The smallest absolute Gasteiger partial charge is 0.338 e. The molecule has 1 aliphatic rings. The van der Waals surface area contributed by atoms with Crippen molar-refractivity contribution in [1.29, 1.82) is 0 Å². The van der Waals surface area contributed by atoms with Gasteiger partial charge in [0, 0.05) is 19.6 Å². The van der Waals surface area contributed by atoms with Gasteiger partial charge in [-0.15, -0.1) is 0 Å². The van der Waals surface area contributed by atoms with E-state index >= 15 is 0 Å². The van der Waals surface area contributed by atoms with E-state index in [0.29, 0.717) is 18.1 Å². The van der Waals surface area contributed by atoms with Gasteiger partial charge in [0.2, 0.25) is 0 Å². The molecule has 0 N–H and O–H groups in total. The quantitative estimate of drug-likeness (QED) is 0.597. The number of carbonyl (C=O) groups is 1. The molecule has 4 heteroatoms. The van der Waals surface area contributed by atoms with Crippen molar-refractivity contribution in [2.24, 2.45) is 0 Å². The maximum atomic E-state index is 11.9. The molecule has 0 saturated carbocycles. The average Bonchev–Trinajstić information content (AvgIpc) is 2.52. The van der Waals surface area contributed by atoms with Gasteiger partial charge in [0.05, 0.1) is 25.4 Å². The predicted octanol–water partition coefficient (Wildman–Crippen LogP) is 2.69. The zero-order valence-electron chi connectivity index (χ0n) is 13.0. The van der Waals surface area contributed by atoms with E-state index in [1.807, 2.05) is 24.3 Å². The molecule has 0 bridgehead atoms. The number of carbonyl (C=O) groups excluding carboxylic acids is 1. The Labute approximate surface area is 127 Å².